The van der Waals surface area contributed by atoms with Gasteiger partial charge in [-0.05, 0) is 42.5 Å². The first-order valence-corrected chi connectivity index (χ1v) is 7.56. The molecule has 106 valence electrons. The molecule has 1 aliphatic rings. The van der Waals surface area contributed by atoms with Gasteiger partial charge in [0.25, 0.3) is 5.91 Å². The number of aryl methyl sites for hydroxylation is 2. The number of hydrogen-bond acceptors (Lipinski definition) is 4. The predicted molar refractivity (Wildman–Crippen MR) is 82.5 cm³/mol. The van der Waals surface area contributed by atoms with E-state index in [1.54, 1.807) is 6.20 Å². The first-order valence-electron chi connectivity index (χ1n) is 6.75. The summed E-state index contributed by atoms with van der Waals surface area (Å²) in [4.78, 5) is 17.0. The summed E-state index contributed by atoms with van der Waals surface area (Å²) in [6.07, 6.45) is 4.91. The topological polar surface area (TPSA) is 62.2 Å². The lowest BCUT2D eigenvalue weighted by molar-refractivity contribution is 0.102. The zero-order chi connectivity index (χ0) is 14.7. The van der Waals surface area contributed by atoms with Crippen LogP contribution >= 0.6 is 11.3 Å². The smallest absolute Gasteiger partial charge is 0.257 e. The lowest BCUT2D eigenvalue weighted by Crippen LogP contribution is -2.11. The minimum absolute atomic E-state index is 0.152. The van der Waals surface area contributed by atoms with E-state index in [9.17, 15) is 4.79 Å². The number of aliphatic hydroxyl groups excluding tert-OH is 1. The van der Waals surface area contributed by atoms with Crippen molar-refractivity contribution in [3.8, 4) is 11.8 Å². The number of aliphatic hydroxyl groups is 1. The van der Waals surface area contributed by atoms with Crippen molar-refractivity contribution in [2.24, 2.45) is 0 Å². The highest BCUT2D eigenvalue weighted by atomic mass is 32.1. The number of benzene rings is 1. The normalized spacial score (nSPS) is 12.4. The molecule has 1 heterocycles. The molecule has 0 spiro atoms. The summed E-state index contributed by atoms with van der Waals surface area (Å²) in [5.74, 6) is 5.17. The van der Waals surface area contributed by atoms with Gasteiger partial charge >= 0.3 is 0 Å². The van der Waals surface area contributed by atoms with Gasteiger partial charge in [-0.3, -0.25) is 10.1 Å². The minimum Gasteiger partial charge on any atom is -0.384 e. The van der Waals surface area contributed by atoms with Gasteiger partial charge in [0.1, 0.15) is 6.61 Å². The average molecular weight is 298 g/mol. The molecule has 1 aromatic carbocycles. The summed E-state index contributed by atoms with van der Waals surface area (Å²) in [6, 6.07) is 5.87. The number of thiazole rings is 1. The van der Waals surface area contributed by atoms with Gasteiger partial charge in [-0.1, -0.05) is 29.2 Å². The second kappa shape index (κ2) is 6.08. The third-order valence-corrected chi connectivity index (χ3v) is 4.21. The van der Waals surface area contributed by atoms with Gasteiger partial charge in [0, 0.05) is 5.56 Å². The fraction of sp³-hybridized carbons (Fsp3) is 0.250. The van der Waals surface area contributed by atoms with Crippen LogP contribution in [-0.2, 0) is 12.8 Å². The molecule has 0 aliphatic heterocycles. The Morgan fingerprint density at radius 3 is 3.10 bits per heavy atom. The summed E-state index contributed by atoms with van der Waals surface area (Å²) in [6.45, 7) is -0.186. The maximum Gasteiger partial charge on any atom is 0.257 e. The van der Waals surface area contributed by atoms with Crippen molar-refractivity contribution in [2.45, 2.75) is 19.3 Å². The van der Waals surface area contributed by atoms with E-state index < -0.39 is 0 Å². The molecule has 0 saturated carbocycles. The number of hydrogen-bond donors (Lipinski definition) is 2. The van der Waals surface area contributed by atoms with Crippen molar-refractivity contribution in [3.63, 3.8) is 0 Å². The first-order chi connectivity index (χ1) is 10.3. The van der Waals surface area contributed by atoms with E-state index in [-0.39, 0.29) is 12.5 Å². The third-order valence-electron chi connectivity index (χ3n) is 3.38. The van der Waals surface area contributed by atoms with E-state index in [0.29, 0.717) is 15.6 Å². The Balaban J connectivity index is 1.72. The Labute approximate surface area is 126 Å². The molecular formula is C16H14N2O2S. The summed E-state index contributed by atoms with van der Waals surface area (Å²) in [5.41, 5.74) is 3.28. The first kappa shape index (κ1) is 13.8. The van der Waals surface area contributed by atoms with E-state index in [2.05, 4.69) is 22.1 Å². The van der Waals surface area contributed by atoms with Crippen LogP contribution in [0.25, 0.3) is 0 Å². The van der Waals surface area contributed by atoms with Gasteiger partial charge < -0.3 is 5.11 Å². The number of amides is 1. The quantitative estimate of drug-likeness (QED) is 0.836. The van der Waals surface area contributed by atoms with Gasteiger partial charge in [0.15, 0.2) is 5.13 Å². The number of nitrogens with one attached hydrogen (secondary N) is 1. The third kappa shape index (κ3) is 3.13. The average Bonchev–Trinajstić information content (AvgIpc) is 3.12. The second-order valence-corrected chi connectivity index (χ2v) is 5.81. The van der Waals surface area contributed by atoms with E-state index >= 15 is 0 Å². The van der Waals surface area contributed by atoms with Crippen molar-refractivity contribution in [1.29, 1.82) is 0 Å². The van der Waals surface area contributed by atoms with E-state index in [0.717, 1.165) is 12.8 Å². The number of carbonyl (C=O) groups is 1. The molecule has 3 rings (SSSR count). The molecule has 1 amide bonds. The number of anilines is 1. The number of nitrogens with zero attached hydrogens (tertiary/aromatic N) is 1. The molecule has 0 unspecified atom stereocenters. The largest absolute Gasteiger partial charge is 0.384 e. The molecule has 0 radical (unpaired) electrons. The lowest BCUT2D eigenvalue weighted by Gasteiger charge is -2.04. The number of aromatic nitrogens is 1. The van der Waals surface area contributed by atoms with Crippen LogP contribution in [0, 0.1) is 11.8 Å². The maximum atomic E-state index is 12.2. The highest BCUT2D eigenvalue weighted by Crippen LogP contribution is 2.24. The highest BCUT2D eigenvalue weighted by molar-refractivity contribution is 7.16. The van der Waals surface area contributed by atoms with Crippen molar-refractivity contribution >= 4 is 22.4 Å². The molecule has 5 heteroatoms. The molecule has 0 bridgehead atoms. The Morgan fingerprint density at radius 2 is 2.24 bits per heavy atom. The van der Waals surface area contributed by atoms with E-state index in [1.807, 2.05) is 18.2 Å². The zero-order valence-corrected chi connectivity index (χ0v) is 12.2. The molecule has 0 saturated heterocycles. The van der Waals surface area contributed by atoms with Gasteiger partial charge in [0.05, 0.1) is 11.1 Å². The van der Waals surface area contributed by atoms with Crippen LogP contribution in [0.1, 0.15) is 32.8 Å². The van der Waals surface area contributed by atoms with Crippen LogP contribution in [-0.4, -0.2) is 22.6 Å². The summed E-state index contributed by atoms with van der Waals surface area (Å²) in [5, 5.41) is 11.9. The molecule has 4 nitrogen and oxygen atoms in total. The van der Waals surface area contributed by atoms with Crippen LogP contribution in [0.15, 0.2) is 24.4 Å². The number of rotatable bonds is 2. The van der Waals surface area contributed by atoms with Crippen molar-refractivity contribution in [1.82, 2.24) is 4.98 Å². The minimum atomic E-state index is -0.186. The Hall–Kier alpha value is -2.16. The van der Waals surface area contributed by atoms with Gasteiger partial charge in [-0.25, -0.2) is 4.98 Å². The lowest BCUT2D eigenvalue weighted by atomic mass is 10.1. The number of carbonyl (C=O) groups excluding carboxylic acids is 1. The van der Waals surface area contributed by atoms with Crippen LogP contribution in [0.2, 0.25) is 0 Å². The highest BCUT2D eigenvalue weighted by Gasteiger charge is 2.14. The van der Waals surface area contributed by atoms with E-state index in [1.165, 1.54) is 28.9 Å². The molecular weight excluding hydrogens is 284 g/mol. The fourth-order valence-electron chi connectivity index (χ4n) is 2.40. The van der Waals surface area contributed by atoms with Crippen molar-refractivity contribution in [2.75, 3.05) is 11.9 Å². The Bertz CT molecular complexity index is 740. The number of fused-ring (bicyclic) bond motifs is 1. The monoisotopic (exact) mass is 298 g/mol. The van der Waals surface area contributed by atoms with Gasteiger partial charge in [0.2, 0.25) is 0 Å². The Kier molecular flexibility index (Phi) is 4.00. The van der Waals surface area contributed by atoms with Crippen molar-refractivity contribution in [3.05, 3.63) is 46.0 Å². The van der Waals surface area contributed by atoms with Crippen LogP contribution in [0.5, 0.6) is 0 Å². The maximum absolute atomic E-state index is 12.2. The van der Waals surface area contributed by atoms with Crippen molar-refractivity contribution < 1.29 is 9.90 Å². The fourth-order valence-corrected chi connectivity index (χ4v) is 3.08. The molecule has 0 fully saturated rings. The summed E-state index contributed by atoms with van der Waals surface area (Å²) >= 11 is 1.29. The molecule has 1 aromatic heterocycles. The molecule has 21 heavy (non-hydrogen) atoms. The zero-order valence-electron chi connectivity index (χ0n) is 11.3. The van der Waals surface area contributed by atoms with Gasteiger partial charge in [-0.2, -0.15) is 0 Å². The van der Waals surface area contributed by atoms with Gasteiger partial charge in [-0.15, -0.1) is 0 Å². The van der Waals surface area contributed by atoms with Crippen LogP contribution in [0.3, 0.4) is 0 Å². The molecule has 1 aliphatic carbocycles. The molecule has 0 atom stereocenters. The molecule has 2 aromatic rings. The van der Waals surface area contributed by atoms with Crippen LogP contribution in [0.4, 0.5) is 5.13 Å². The summed E-state index contributed by atoms with van der Waals surface area (Å²) < 4.78 is 0. The van der Waals surface area contributed by atoms with E-state index in [4.69, 9.17) is 5.11 Å². The molecule has 2 N–H and O–H groups in total. The summed E-state index contributed by atoms with van der Waals surface area (Å²) in [7, 11) is 0. The van der Waals surface area contributed by atoms with Crippen LogP contribution < -0.4 is 5.32 Å². The SMILES string of the molecule is O=C(Nc1ncc(C#CCO)s1)c1ccc2c(c1)CCC2. The predicted octanol–water partition coefficient (Wildman–Crippen LogP) is 2.23. The second-order valence-electron chi connectivity index (χ2n) is 4.78. The Morgan fingerprint density at radius 1 is 1.38 bits per heavy atom. The standard InChI is InChI=1S/C16H14N2O2S/c19-8-2-5-14-10-17-16(21-14)18-15(20)13-7-6-11-3-1-4-12(11)9-13/h6-7,9-10,19H,1,3-4,8H2,(H,17,18,20).